The first-order valence-corrected chi connectivity index (χ1v) is 7.23. The lowest BCUT2D eigenvalue weighted by molar-refractivity contribution is 0.196. The number of H-pyrrole nitrogens is 1. The molecule has 0 spiro atoms. The fraction of sp³-hybridized carbons (Fsp3) is 0.533. The summed E-state index contributed by atoms with van der Waals surface area (Å²) in [5, 5.41) is 0. The molecule has 2 aromatic rings. The van der Waals surface area contributed by atoms with E-state index in [1.807, 2.05) is 13.1 Å². The SMILES string of the molecule is Cc1nccc([C@@H]2CCCN(Cc3nc[nH]c3C)C2)n1. The monoisotopic (exact) mass is 271 g/mol. The van der Waals surface area contributed by atoms with Gasteiger partial charge in [0, 0.05) is 36.6 Å². The molecule has 1 aliphatic heterocycles. The molecule has 106 valence electrons. The van der Waals surface area contributed by atoms with Crippen molar-refractivity contribution in [3.05, 3.63) is 41.5 Å². The molecule has 3 rings (SSSR count). The number of aromatic nitrogens is 4. The average Bonchev–Trinajstić information content (AvgIpc) is 2.85. The Morgan fingerprint density at radius 3 is 3.00 bits per heavy atom. The molecule has 1 N–H and O–H groups in total. The molecular formula is C15H21N5. The third-order valence-corrected chi connectivity index (χ3v) is 4.03. The number of nitrogens with zero attached hydrogens (tertiary/aromatic N) is 4. The maximum atomic E-state index is 4.59. The summed E-state index contributed by atoms with van der Waals surface area (Å²) in [6.07, 6.45) is 6.08. The quantitative estimate of drug-likeness (QED) is 0.929. The van der Waals surface area contributed by atoms with E-state index in [9.17, 15) is 0 Å². The van der Waals surface area contributed by atoms with E-state index < -0.39 is 0 Å². The van der Waals surface area contributed by atoms with Gasteiger partial charge < -0.3 is 4.98 Å². The van der Waals surface area contributed by atoms with Crippen molar-refractivity contribution in [1.29, 1.82) is 0 Å². The van der Waals surface area contributed by atoms with Crippen LogP contribution in [-0.4, -0.2) is 37.9 Å². The lowest BCUT2D eigenvalue weighted by Crippen LogP contribution is -2.34. The predicted octanol–water partition coefficient (Wildman–Crippen LogP) is 2.20. The van der Waals surface area contributed by atoms with Gasteiger partial charge in [-0.25, -0.2) is 15.0 Å². The van der Waals surface area contributed by atoms with Crippen LogP contribution in [0.1, 0.15) is 41.7 Å². The van der Waals surface area contributed by atoms with Crippen molar-refractivity contribution < 1.29 is 0 Å². The van der Waals surface area contributed by atoms with Crippen molar-refractivity contribution in [3.63, 3.8) is 0 Å². The van der Waals surface area contributed by atoms with E-state index in [2.05, 4.69) is 37.8 Å². The van der Waals surface area contributed by atoms with E-state index in [0.29, 0.717) is 5.92 Å². The van der Waals surface area contributed by atoms with Crippen molar-refractivity contribution in [2.24, 2.45) is 0 Å². The van der Waals surface area contributed by atoms with Gasteiger partial charge in [0.05, 0.1) is 12.0 Å². The van der Waals surface area contributed by atoms with Gasteiger partial charge in [0.15, 0.2) is 0 Å². The summed E-state index contributed by atoms with van der Waals surface area (Å²) in [5.41, 5.74) is 3.51. The second-order valence-electron chi connectivity index (χ2n) is 5.58. The van der Waals surface area contributed by atoms with Crippen LogP contribution >= 0.6 is 0 Å². The van der Waals surface area contributed by atoms with Crippen molar-refractivity contribution in [2.45, 2.75) is 39.2 Å². The van der Waals surface area contributed by atoms with E-state index in [1.54, 1.807) is 6.33 Å². The Morgan fingerprint density at radius 1 is 1.35 bits per heavy atom. The van der Waals surface area contributed by atoms with Gasteiger partial charge in [0.2, 0.25) is 0 Å². The van der Waals surface area contributed by atoms with Gasteiger partial charge >= 0.3 is 0 Å². The number of hydrogen-bond acceptors (Lipinski definition) is 4. The normalized spacial score (nSPS) is 20.2. The highest BCUT2D eigenvalue weighted by Crippen LogP contribution is 2.26. The zero-order chi connectivity index (χ0) is 13.9. The smallest absolute Gasteiger partial charge is 0.125 e. The Hall–Kier alpha value is -1.75. The Kier molecular flexibility index (Phi) is 3.78. The summed E-state index contributed by atoms with van der Waals surface area (Å²) in [6, 6.07) is 2.06. The molecule has 5 nitrogen and oxygen atoms in total. The highest BCUT2D eigenvalue weighted by atomic mass is 15.1. The third kappa shape index (κ3) is 2.88. The van der Waals surface area contributed by atoms with Gasteiger partial charge in [0.1, 0.15) is 5.82 Å². The molecule has 0 unspecified atom stereocenters. The van der Waals surface area contributed by atoms with Gasteiger partial charge in [-0.2, -0.15) is 0 Å². The highest BCUT2D eigenvalue weighted by molar-refractivity contribution is 5.12. The molecule has 0 radical (unpaired) electrons. The zero-order valence-electron chi connectivity index (χ0n) is 12.1. The summed E-state index contributed by atoms with van der Waals surface area (Å²) in [4.78, 5) is 18.8. The Balaban J connectivity index is 1.69. The first-order chi connectivity index (χ1) is 9.72. The van der Waals surface area contributed by atoms with Crippen LogP contribution in [0.5, 0.6) is 0 Å². The minimum Gasteiger partial charge on any atom is -0.348 e. The molecule has 2 aromatic heterocycles. The van der Waals surface area contributed by atoms with Crippen LogP contribution in [0, 0.1) is 13.8 Å². The Labute approximate surface area is 119 Å². The maximum Gasteiger partial charge on any atom is 0.125 e. The minimum atomic E-state index is 0.518. The number of imidazole rings is 1. The molecule has 1 saturated heterocycles. The first kappa shape index (κ1) is 13.2. The maximum absolute atomic E-state index is 4.59. The van der Waals surface area contributed by atoms with Crippen LogP contribution in [0.2, 0.25) is 0 Å². The van der Waals surface area contributed by atoms with E-state index in [-0.39, 0.29) is 0 Å². The average molecular weight is 271 g/mol. The molecule has 0 saturated carbocycles. The second kappa shape index (κ2) is 5.71. The number of aryl methyl sites for hydroxylation is 2. The molecule has 0 amide bonds. The number of aromatic amines is 1. The molecule has 1 fully saturated rings. The standard InChI is InChI=1S/C15H21N5/c1-11-15(18-10-17-11)9-20-7-3-4-13(8-20)14-5-6-16-12(2)19-14/h5-6,10,13H,3-4,7-9H2,1-2H3,(H,17,18)/t13-/m1/s1. The van der Waals surface area contributed by atoms with Crippen LogP contribution in [-0.2, 0) is 6.54 Å². The molecule has 1 aliphatic rings. The second-order valence-corrected chi connectivity index (χ2v) is 5.58. The van der Waals surface area contributed by atoms with E-state index in [0.717, 1.165) is 31.2 Å². The fourth-order valence-electron chi connectivity index (χ4n) is 2.90. The van der Waals surface area contributed by atoms with Crippen LogP contribution in [0.3, 0.4) is 0 Å². The molecular weight excluding hydrogens is 250 g/mol. The number of piperidine rings is 1. The minimum absolute atomic E-state index is 0.518. The Morgan fingerprint density at radius 2 is 2.25 bits per heavy atom. The Bertz CT molecular complexity index is 577. The molecule has 0 aromatic carbocycles. The van der Waals surface area contributed by atoms with E-state index >= 15 is 0 Å². The number of likely N-dealkylation sites (tertiary alicyclic amines) is 1. The first-order valence-electron chi connectivity index (χ1n) is 7.23. The fourth-order valence-corrected chi connectivity index (χ4v) is 2.90. The zero-order valence-corrected chi connectivity index (χ0v) is 12.1. The summed E-state index contributed by atoms with van der Waals surface area (Å²) in [7, 11) is 0. The molecule has 0 aliphatic carbocycles. The topological polar surface area (TPSA) is 57.7 Å². The number of rotatable bonds is 3. The van der Waals surface area contributed by atoms with Crippen LogP contribution in [0.4, 0.5) is 0 Å². The van der Waals surface area contributed by atoms with Gasteiger partial charge in [-0.1, -0.05) is 0 Å². The van der Waals surface area contributed by atoms with Crippen molar-refractivity contribution in [1.82, 2.24) is 24.8 Å². The predicted molar refractivity (Wildman–Crippen MR) is 77.3 cm³/mol. The molecule has 1 atom stereocenters. The summed E-state index contributed by atoms with van der Waals surface area (Å²) < 4.78 is 0. The van der Waals surface area contributed by atoms with Gasteiger partial charge in [-0.15, -0.1) is 0 Å². The lowest BCUT2D eigenvalue weighted by atomic mass is 9.94. The molecule has 0 bridgehead atoms. The highest BCUT2D eigenvalue weighted by Gasteiger charge is 2.23. The third-order valence-electron chi connectivity index (χ3n) is 4.03. The summed E-state index contributed by atoms with van der Waals surface area (Å²) >= 11 is 0. The van der Waals surface area contributed by atoms with Crippen molar-refractivity contribution in [2.75, 3.05) is 13.1 Å². The molecule has 3 heterocycles. The van der Waals surface area contributed by atoms with Gasteiger partial charge in [-0.05, 0) is 39.3 Å². The molecule has 5 heteroatoms. The van der Waals surface area contributed by atoms with Gasteiger partial charge in [-0.3, -0.25) is 4.90 Å². The molecule has 20 heavy (non-hydrogen) atoms. The summed E-state index contributed by atoms with van der Waals surface area (Å²) in [5.74, 6) is 1.38. The van der Waals surface area contributed by atoms with E-state index in [1.165, 1.54) is 24.2 Å². The number of nitrogens with one attached hydrogen (secondary N) is 1. The lowest BCUT2D eigenvalue weighted by Gasteiger charge is -2.32. The van der Waals surface area contributed by atoms with Crippen LogP contribution in [0.15, 0.2) is 18.6 Å². The van der Waals surface area contributed by atoms with E-state index in [4.69, 9.17) is 0 Å². The largest absolute Gasteiger partial charge is 0.348 e. The summed E-state index contributed by atoms with van der Waals surface area (Å²) in [6.45, 7) is 7.17. The van der Waals surface area contributed by atoms with Crippen LogP contribution in [0.25, 0.3) is 0 Å². The van der Waals surface area contributed by atoms with Crippen LogP contribution < -0.4 is 0 Å². The van der Waals surface area contributed by atoms with Gasteiger partial charge in [0.25, 0.3) is 0 Å². The van der Waals surface area contributed by atoms with Crippen molar-refractivity contribution in [3.8, 4) is 0 Å². The number of hydrogen-bond donors (Lipinski definition) is 1. The van der Waals surface area contributed by atoms with Crippen molar-refractivity contribution >= 4 is 0 Å².